The molecule has 0 radical (unpaired) electrons. The molecule has 3 aromatic heterocycles. The summed E-state index contributed by atoms with van der Waals surface area (Å²) >= 11 is 0. The van der Waals surface area contributed by atoms with Crippen LogP contribution >= 0.6 is 0 Å². The fraction of sp³-hybridized carbons (Fsp3) is 0.357. The minimum absolute atomic E-state index is 0.510. The zero-order chi connectivity index (χ0) is 15.2. The number of anilines is 1. The molecule has 0 saturated heterocycles. The van der Waals surface area contributed by atoms with Crippen molar-refractivity contribution in [3.63, 3.8) is 0 Å². The highest BCUT2D eigenvalue weighted by Gasteiger charge is 2.07. The van der Waals surface area contributed by atoms with Crippen LogP contribution in [-0.4, -0.2) is 36.4 Å². The van der Waals surface area contributed by atoms with E-state index in [1.54, 1.807) is 25.8 Å². The van der Waals surface area contributed by atoms with Gasteiger partial charge in [-0.1, -0.05) is 5.16 Å². The maximum Gasteiger partial charge on any atom is 0.258 e. The second-order valence-corrected chi connectivity index (χ2v) is 4.91. The second-order valence-electron chi connectivity index (χ2n) is 4.91. The summed E-state index contributed by atoms with van der Waals surface area (Å²) in [6, 6.07) is 3.76. The van der Waals surface area contributed by atoms with Crippen LogP contribution in [-0.2, 0) is 6.54 Å². The second kappa shape index (κ2) is 6.79. The van der Waals surface area contributed by atoms with Gasteiger partial charge in [-0.05, 0) is 31.9 Å². The van der Waals surface area contributed by atoms with Gasteiger partial charge in [-0.3, -0.25) is 0 Å². The summed E-state index contributed by atoms with van der Waals surface area (Å²) in [5, 5.41) is 14.6. The smallest absolute Gasteiger partial charge is 0.258 e. The molecule has 0 aliphatic rings. The summed E-state index contributed by atoms with van der Waals surface area (Å²) in [5.74, 6) is 1.93. The summed E-state index contributed by atoms with van der Waals surface area (Å²) in [4.78, 5) is 8.51. The maximum atomic E-state index is 5.16. The van der Waals surface area contributed by atoms with E-state index < -0.39 is 0 Å². The highest BCUT2D eigenvalue weighted by atomic mass is 16.5. The zero-order valence-corrected chi connectivity index (χ0v) is 12.3. The molecule has 0 aliphatic heterocycles. The van der Waals surface area contributed by atoms with Crippen molar-refractivity contribution >= 4 is 5.82 Å². The Bertz CT molecular complexity index is 708. The van der Waals surface area contributed by atoms with Crippen LogP contribution in [0.2, 0.25) is 0 Å². The van der Waals surface area contributed by atoms with Gasteiger partial charge in [0, 0.05) is 24.8 Å². The average molecular weight is 299 g/mol. The Morgan fingerprint density at radius 2 is 2.09 bits per heavy atom. The normalized spacial score (nSPS) is 10.8. The van der Waals surface area contributed by atoms with Crippen LogP contribution < -0.4 is 5.32 Å². The third-order valence-corrected chi connectivity index (χ3v) is 3.15. The van der Waals surface area contributed by atoms with Crippen LogP contribution in [0, 0.1) is 6.92 Å². The van der Waals surface area contributed by atoms with E-state index in [0.717, 1.165) is 37.3 Å². The predicted molar refractivity (Wildman–Crippen MR) is 80.0 cm³/mol. The van der Waals surface area contributed by atoms with E-state index in [9.17, 15) is 0 Å². The van der Waals surface area contributed by atoms with Crippen molar-refractivity contribution in [3.8, 4) is 11.5 Å². The first-order chi connectivity index (χ1) is 10.8. The molecule has 8 nitrogen and oxygen atoms in total. The largest absolute Gasteiger partial charge is 0.370 e. The molecule has 0 unspecified atom stereocenters. The lowest BCUT2D eigenvalue weighted by atomic mass is 10.2. The molecule has 3 aromatic rings. The quantitative estimate of drug-likeness (QED) is 0.666. The van der Waals surface area contributed by atoms with E-state index in [1.807, 2.05) is 16.7 Å². The molecule has 0 atom stereocenters. The molecule has 0 aromatic carbocycles. The molecule has 1 N–H and O–H groups in total. The Morgan fingerprint density at radius 1 is 1.23 bits per heavy atom. The highest BCUT2D eigenvalue weighted by molar-refractivity contribution is 5.57. The molecule has 8 heteroatoms. The van der Waals surface area contributed by atoms with E-state index in [4.69, 9.17) is 4.52 Å². The fourth-order valence-electron chi connectivity index (χ4n) is 2.05. The molecule has 0 bridgehead atoms. The number of aromatic nitrogens is 6. The Morgan fingerprint density at radius 3 is 2.86 bits per heavy atom. The summed E-state index contributed by atoms with van der Waals surface area (Å²) in [6.07, 6.45) is 7.27. The molecule has 0 fully saturated rings. The van der Waals surface area contributed by atoms with Gasteiger partial charge in [-0.15, -0.1) is 10.2 Å². The van der Waals surface area contributed by atoms with Gasteiger partial charge >= 0.3 is 0 Å². The molecule has 0 amide bonds. The minimum atomic E-state index is 0.510. The summed E-state index contributed by atoms with van der Waals surface area (Å²) in [7, 11) is 0. The van der Waals surface area contributed by atoms with Gasteiger partial charge in [-0.2, -0.15) is 4.98 Å². The first-order valence-corrected chi connectivity index (χ1v) is 7.14. The summed E-state index contributed by atoms with van der Waals surface area (Å²) < 4.78 is 7.13. The number of nitrogens with zero attached hydrogens (tertiary/aromatic N) is 6. The Kier molecular flexibility index (Phi) is 4.38. The van der Waals surface area contributed by atoms with E-state index in [1.165, 1.54) is 0 Å². The van der Waals surface area contributed by atoms with Gasteiger partial charge in [0.2, 0.25) is 0 Å². The Labute approximate surface area is 127 Å². The third kappa shape index (κ3) is 3.66. The number of nitrogens with one attached hydrogen (secondary N) is 1. The average Bonchev–Trinajstić information content (AvgIpc) is 3.19. The Balaban J connectivity index is 1.48. The first kappa shape index (κ1) is 14.2. The van der Waals surface area contributed by atoms with Gasteiger partial charge in [0.25, 0.3) is 5.89 Å². The summed E-state index contributed by atoms with van der Waals surface area (Å²) in [6.45, 7) is 3.56. The monoisotopic (exact) mass is 299 g/mol. The number of aryl methyl sites for hydroxylation is 2. The minimum Gasteiger partial charge on any atom is -0.370 e. The van der Waals surface area contributed by atoms with Crippen molar-refractivity contribution in [1.82, 2.24) is 29.9 Å². The first-order valence-electron chi connectivity index (χ1n) is 7.14. The van der Waals surface area contributed by atoms with E-state index in [-0.39, 0.29) is 0 Å². The number of pyridine rings is 1. The van der Waals surface area contributed by atoms with Crippen molar-refractivity contribution in [3.05, 3.63) is 36.8 Å². The van der Waals surface area contributed by atoms with Gasteiger partial charge in [0.05, 0.1) is 0 Å². The van der Waals surface area contributed by atoms with E-state index in [0.29, 0.717) is 11.7 Å². The molecule has 0 saturated carbocycles. The number of hydrogen-bond acceptors (Lipinski definition) is 7. The predicted octanol–water partition coefficient (Wildman–Crippen LogP) is 1.92. The number of rotatable bonds is 7. The number of unbranched alkanes of at least 4 members (excludes halogenated alkanes) is 1. The topological polar surface area (TPSA) is 94.6 Å². The lowest BCUT2D eigenvalue weighted by Crippen LogP contribution is -2.05. The van der Waals surface area contributed by atoms with Crippen LogP contribution in [0.25, 0.3) is 11.5 Å². The SMILES string of the molecule is Cc1noc(-c2ccnc(NCCCCn3cnnc3)c2)n1. The van der Waals surface area contributed by atoms with Crippen LogP contribution in [0.4, 0.5) is 5.82 Å². The van der Waals surface area contributed by atoms with Crippen LogP contribution in [0.1, 0.15) is 18.7 Å². The van der Waals surface area contributed by atoms with Crippen molar-refractivity contribution in [2.45, 2.75) is 26.3 Å². The third-order valence-electron chi connectivity index (χ3n) is 3.15. The van der Waals surface area contributed by atoms with Gasteiger partial charge in [0.1, 0.15) is 18.5 Å². The van der Waals surface area contributed by atoms with Crippen molar-refractivity contribution in [2.24, 2.45) is 0 Å². The molecule has 0 aliphatic carbocycles. The zero-order valence-electron chi connectivity index (χ0n) is 12.3. The van der Waals surface area contributed by atoms with E-state index >= 15 is 0 Å². The molecular formula is C14H17N7O. The van der Waals surface area contributed by atoms with Crippen LogP contribution in [0.5, 0.6) is 0 Å². The molecule has 3 rings (SSSR count). The van der Waals surface area contributed by atoms with Gasteiger partial charge in [-0.25, -0.2) is 4.98 Å². The maximum absolute atomic E-state index is 5.16. The van der Waals surface area contributed by atoms with Crippen molar-refractivity contribution in [2.75, 3.05) is 11.9 Å². The fourth-order valence-corrected chi connectivity index (χ4v) is 2.05. The van der Waals surface area contributed by atoms with Crippen molar-refractivity contribution in [1.29, 1.82) is 0 Å². The van der Waals surface area contributed by atoms with E-state index in [2.05, 4.69) is 30.6 Å². The molecule has 0 spiro atoms. The Hall–Kier alpha value is -2.77. The van der Waals surface area contributed by atoms with Crippen molar-refractivity contribution < 1.29 is 4.52 Å². The lowest BCUT2D eigenvalue weighted by Gasteiger charge is -2.06. The van der Waals surface area contributed by atoms with Gasteiger partial charge in [0.15, 0.2) is 5.82 Å². The lowest BCUT2D eigenvalue weighted by molar-refractivity contribution is 0.425. The summed E-state index contributed by atoms with van der Waals surface area (Å²) in [5.41, 5.74) is 0.864. The molecule has 3 heterocycles. The van der Waals surface area contributed by atoms with Crippen LogP contribution in [0.3, 0.4) is 0 Å². The van der Waals surface area contributed by atoms with Gasteiger partial charge < -0.3 is 14.4 Å². The molecule has 22 heavy (non-hydrogen) atoms. The number of hydrogen-bond donors (Lipinski definition) is 1. The standard InChI is InChI=1S/C14H17N7O/c1-11-19-14(22-20-11)12-4-6-16-13(8-12)15-5-2-3-7-21-9-17-18-10-21/h4,6,8-10H,2-3,5,7H2,1H3,(H,15,16). The van der Waals surface area contributed by atoms with Crippen LogP contribution in [0.15, 0.2) is 35.5 Å². The molecular weight excluding hydrogens is 282 g/mol. The molecule has 114 valence electrons. The highest BCUT2D eigenvalue weighted by Crippen LogP contribution is 2.19.